The predicted molar refractivity (Wildman–Crippen MR) is 44.0 cm³/mol. The maximum absolute atomic E-state index is 12.4. The molecular weight excluding hydrogens is 196 g/mol. The zero-order valence-corrected chi connectivity index (χ0v) is 7.62. The van der Waals surface area contributed by atoms with Gasteiger partial charge in [0.2, 0.25) is 5.75 Å². The third kappa shape index (κ3) is 1.68. The molecule has 14 heavy (non-hydrogen) atoms. The highest BCUT2D eigenvalue weighted by Crippen LogP contribution is 2.40. The first kappa shape index (κ1) is 10.5. The number of halogens is 2. The lowest BCUT2D eigenvalue weighted by molar-refractivity contribution is 0.145. The van der Waals surface area contributed by atoms with E-state index in [4.69, 9.17) is 0 Å². The van der Waals surface area contributed by atoms with E-state index in [1.54, 1.807) is 0 Å². The van der Waals surface area contributed by atoms with Gasteiger partial charge in [0.15, 0.2) is 5.75 Å². The van der Waals surface area contributed by atoms with Crippen LogP contribution in [0.3, 0.4) is 0 Å². The molecule has 78 valence electrons. The molecule has 0 aromatic carbocycles. The van der Waals surface area contributed by atoms with Gasteiger partial charge in [-0.05, 0) is 0 Å². The number of hydrogen-bond acceptors (Lipinski definition) is 4. The molecule has 0 aliphatic heterocycles. The van der Waals surface area contributed by atoms with Crippen LogP contribution in [0.25, 0.3) is 0 Å². The Morgan fingerprint density at radius 1 is 1.36 bits per heavy atom. The molecule has 0 aliphatic carbocycles. The summed E-state index contributed by atoms with van der Waals surface area (Å²) < 4.78 is 34.0. The number of nitrogens with zero attached hydrogens (tertiary/aromatic N) is 1. The highest BCUT2D eigenvalue weighted by atomic mass is 19.3. The molecule has 0 amide bonds. The van der Waals surface area contributed by atoms with E-state index in [2.05, 4.69) is 14.5 Å². The van der Waals surface area contributed by atoms with E-state index in [0.717, 1.165) is 6.20 Å². The van der Waals surface area contributed by atoms with Gasteiger partial charge in [-0.2, -0.15) is 0 Å². The van der Waals surface area contributed by atoms with Crippen molar-refractivity contribution in [1.82, 2.24) is 4.98 Å². The van der Waals surface area contributed by atoms with Gasteiger partial charge in [-0.15, -0.1) is 0 Å². The van der Waals surface area contributed by atoms with Crippen LogP contribution in [0.5, 0.6) is 17.4 Å². The second-order valence-electron chi connectivity index (χ2n) is 2.41. The van der Waals surface area contributed by atoms with E-state index < -0.39 is 17.7 Å². The van der Waals surface area contributed by atoms with E-state index in [1.807, 2.05) is 0 Å². The van der Waals surface area contributed by atoms with Crippen molar-refractivity contribution in [2.45, 2.75) is 6.43 Å². The summed E-state index contributed by atoms with van der Waals surface area (Å²) in [6.45, 7) is 0. The first-order valence-corrected chi connectivity index (χ1v) is 3.69. The maximum atomic E-state index is 12.4. The largest absolute Gasteiger partial charge is 0.501 e. The number of ether oxygens (including phenoxy) is 2. The molecule has 0 saturated carbocycles. The fourth-order valence-corrected chi connectivity index (χ4v) is 1.00. The van der Waals surface area contributed by atoms with Crippen LogP contribution in [-0.4, -0.2) is 24.3 Å². The Morgan fingerprint density at radius 3 is 2.43 bits per heavy atom. The molecule has 0 bridgehead atoms. The van der Waals surface area contributed by atoms with Gasteiger partial charge in [0.25, 0.3) is 12.3 Å². The summed E-state index contributed by atoms with van der Waals surface area (Å²) in [7, 11) is 2.45. The fraction of sp³-hybridized carbons (Fsp3) is 0.375. The second-order valence-corrected chi connectivity index (χ2v) is 2.41. The molecule has 0 radical (unpaired) electrons. The van der Waals surface area contributed by atoms with Crippen LogP contribution in [0, 0.1) is 0 Å². The van der Waals surface area contributed by atoms with E-state index in [9.17, 15) is 13.9 Å². The molecule has 1 aromatic rings. The Labute approximate surface area is 79.1 Å². The van der Waals surface area contributed by atoms with Gasteiger partial charge in [0.1, 0.15) is 0 Å². The Bertz CT molecular complexity index is 331. The summed E-state index contributed by atoms with van der Waals surface area (Å²) in [5.74, 6) is -0.981. The summed E-state index contributed by atoms with van der Waals surface area (Å²) in [6, 6.07) is 0. The maximum Gasteiger partial charge on any atom is 0.269 e. The van der Waals surface area contributed by atoms with Crippen molar-refractivity contribution in [2.24, 2.45) is 0 Å². The minimum Gasteiger partial charge on any atom is -0.501 e. The van der Waals surface area contributed by atoms with Crippen LogP contribution in [0.15, 0.2) is 6.20 Å². The van der Waals surface area contributed by atoms with Crippen molar-refractivity contribution < 1.29 is 23.4 Å². The van der Waals surface area contributed by atoms with Gasteiger partial charge in [-0.3, -0.25) is 0 Å². The summed E-state index contributed by atoms with van der Waals surface area (Å²) >= 11 is 0. The van der Waals surface area contributed by atoms with Crippen molar-refractivity contribution in [3.8, 4) is 17.4 Å². The topological polar surface area (TPSA) is 51.6 Å². The molecule has 1 N–H and O–H groups in total. The minimum atomic E-state index is -2.76. The summed E-state index contributed by atoms with van der Waals surface area (Å²) in [6.07, 6.45) is -1.85. The summed E-state index contributed by atoms with van der Waals surface area (Å²) in [5, 5.41) is 9.37. The molecular formula is C8H9F2NO3. The van der Waals surface area contributed by atoms with Crippen LogP contribution in [0.4, 0.5) is 8.78 Å². The number of pyridine rings is 1. The van der Waals surface area contributed by atoms with Crippen LogP contribution in [0.2, 0.25) is 0 Å². The Balaban J connectivity index is 3.28. The fourth-order valence-electron chi connectivity index (χ4n) is 1.00. The van der Waals surface area contributed by atoms with Crippen molar-refractivity contribution in [3.63, 3.8) is 0 Å². The van der Waals surface area contributed by atoms with Crippen LogP contribution in [-0.2, 0) is 0 Å². The number of rotatable bonds is 3. The second kappa shape index (κ2) is 4.08. The smallest absolute Gasteiger partial charge is 0.269 e. The van der Waals surface area contributed by atoms with Crippen molar-refractivity contribution >= 4 is 0 Å². The minimum absolute atomic E-state index is 0.147. The Hall–Kier alpha value is -1.59. The molecule has 0 aliphatic rings. The van der Waals surface area contributed by atoms with Crippen LogP contribution < -0.4 is 9.47 Å². The van der Waals surface area contributed by atoms with E-state index >= 15 is 0 Å². The SMILES string of the molecule is COc1ncc(C(F)F)c(OC)c1O. The van der Waals surface area contributed by atoms with Gasteiger partial charge in [-0.25, -0.2) is 13.8 Å². The third-order valence-corrected chi connectivity index (χ3v) is 1.63. The monoisotopic (exact) mass is 205 g/mol. The summed E-state index contributed by atoms with van der Waals surface area (Å²) in [4.78, 5) is 3.49. The number of alkyl halides is 2. The molecule has 1 rings (SSSR count). The molecule has 0 spiro atoms. The van der Waals surface area contributed by atoms with Gasteiger partial charge in [-0.1, -0.05) is 0 Å². The predicted octanol–water partition coefficient (Wildman–Crippen LogP) is 1.74. The molecule has 0 unspecified atom stereocenters. The zero-order chi connectivity index (χ0) is 10.7. The number of aromatic hydroxyl groups is 1. The molecule has 0 fully saturated rings. The quantitative estimate of drug-likeness (QED) is 0.816. The zero-order valence-electron chi connectivity index (χ0n) is 7.62. The van der Waals surface area contributed by atoms with Crippen molar-refractivity contribution in [2.75, 3.05) is 14.2 Å². The van der Waals surface area contributed by atoms with Gasteiger partial charge < -0.3 is 14.6 Å². The molecule has 4 nitrogen and oxygen atoms in total. The van der Waals surface area contributed by atoms with Gasteiger partial charge >= 0.3 is 0 Å². The highest BCUT2D eigenvalue weighted by Gasteiger charge is 2.21. The van der Waals surface area contributed by atoms with Crippen molar-refractivity contribution in [1.29, 1.82) is 0 Å². The van der Waals surface area contributed by atoms with E-state index in [0.29, 0.717) is 0 Å². The lowest BCUT2D eigenvalue weighted by Crippen LogP contribution is -1.97. The molecule has 1 aromatic heterocycles. The average molecular weight is 205 g/mol. The number of aromatic nitrogens is 1. The Kier molecular flexibility index (Phi) is 3.06. The highest BCUT2D eigenvalue weighted by molar-refractivity contribution is 5.50. The third-order valence-electron chi connectivity index (χ3n) is 1.63. The number of hydrogen-bond donors (Lipinski definition) is 1. The van der Waals surface area contributed by atoms with Crippen LogP contribution >= 0.6 is 0 Å². The van der Waals surface area contributed by atoms with Crippen LogP contribution in [0.1, 0.15) is 12.0 Å². The summed E-state index contributed by atoms with van der Waals surface area (Å²) in [5.41, 5.74) is -0.467. The van der Waals surface area contributed by atoms with E-state index in [-0.39, 0.29) is 11.6 Å². The van der Waals surface area contributed by atoms with Gasteiger partial charge in [0.05, 0.1) is 19.8 Å². The first-order chi connectivity index (χ1) is 6.61. The standard InChI is InChI=1S/C8H9F2NO3/c1-13-6-4(7(9)10)3-11-8(14-2)5(6)12/h3,7,12H,1-2H3. The first-order valence-electron chi connectivity index (χ1n) is 3.69. The molecule has 6 heteroatoms. The van der Waals surface area contributed by atoms with E-state index in [1.165, 1.54) is 14.2 Å². The number of methoxy groups -OCH3 is 2. The average Bonchev–Trinajstić information content (AvgIpc) is 2.17. The lowest BCUT2D eigenvalue weighted by atomic mass is 10.2. The molecule has 0 atom stereocenters. The Morgan fingerprint density at radius 2 is 2.00 bits per heavy atom. The van der Waals surface area contributed by atoms with Crippen molar-refractivity contribution in [3.05, 3.63) is 11.8 Å². The molecule has 1 heterocycles. The van der Waals surface area contributed by atoms with Gasteiger partial charge in [0, 0.05) is 6.20 Å². The molecule has 0 saturated heterocycles. The lowest BCUT2D eigenvalue weighted by Gasteiger charge is -2.10. The normalized spacial score (nSPS) is 10.4.